The molecular weight excluding hydrogens is 475 g/mol. The molecule has 5 heteroatoms. The maximum absolute atomic E-state index is 15.3. The van der Waals surface area contributed by atoms with Gasteiger partial charge in [-0.05, 0) is 30.5 Å². The molecule has 2 saturated heterocycles. The van der Waals surface area contributed by atoms with E-state index in [0.717, 1.165) is 47.8 Å². The molecule has 37 heavy (non-hydrogen) atoms. The van der Waals surface area contributed by atoms with Crippen LogP contribution in [0, 0.1) is 0 Å². The lowest BCUT2D eigenvalue weighted by Gasteiger charge is -2.45. The molecular formula is C32H33N2O2P. The van der Waals surface area contributed by atoms with Crippen LogP contribution in [0.3, 0.4) is 0 Å². The van der Waals surface area contributed by atoms with Crippen molar-refractivity contribution in [2.45, 2.75) is 30.7 Å². The summed E-state index contributed by atoms with van der Waals surface area (Å²) in [5.74, 6) is 0. The molecule has 6 rings (SSSR count). The summed E-state index contributed by atoms with van der Waals surface area (Å²) in [6.07, 6.45) is 2.02. The fourth-order valence-corrected chi connectivity index (χ4v) is 9.33. The van der Waals surface area contributed by atoms with Crippen LogP contribution in [0.2, 0.25) is 0 Å². The van der Waals surface area contributed by atoms with Crippen LogP contribution in [0.4, 0.5) is 5.69 Å². The summed E-state index contributed by atoms with van der Waals surface area (Å²) in [5, 5.41) is 14.6. The van der Waals surface area contributed by atoms with E-state index in [-0.39, 0.29) is 12.3 Å². The Balaban J connectivity index is 1.54. The Bertz CT molecular complexity index is 1320. The molecule has 0 unspecified atom stereocenters. The molecule has 0 saturated carbocycles. The molecule has 4 aromatic carbocycles. The zero-order chi connectivity index (χ0) is 25.3. The van der Waals surface area contributed by atoms with Gasteiger partial charge < -0.3 is 14.6 Å². The summed E-state index contributed by atoms with van der Waals surface area (Å²) in [6.45, 7) is 1.78. The smallest absolute Gasteiger partial charge is 0.146 e. The van der Waals surface area contributed by atoms with Crippen LogP contribution in [0.15, 0.2) is 121 Å². The number of anilines is 1. The first-order valence-electron chi connectivity index (χ1n) is 13.2. The van der Waals surface area contributed by atoms with Crippen molar-refractivity contribution in [3.8, 4) is 0 Å². The Morgan fingerprint density at radius 2 is 1.27 bits per heavy atom. The highest BCUT2D eigenvalue weighted by Crippen LogP contribution is 2.52. The molecule has 0 radical (unpaired) electrons. The predicted octanol–water partition coefficient (Wildman–Crippen LogP) is 5.20. The van der Waals surface area contributed by atoms with Crippen molar-refractivity contribution in [3.63, 3.8) is 0 Å². The third-order valence-corrected chi connectivity index (χ3v) is 11.2. The number of hydrogen-bond donors (Lipinski definition) is 1. The van der Waals surface area contributed by atoms with E-state index >= 15 is 4.57 Å². The number of rotatable bonds is 7. The fourth-order valence-electron chi connectivity index (χ4n) is 6.34. The largest absolute Gasteiger partial charge is 0.381 e. The molecule has 2 fully saturated rings. The molecule has 0 bridgehead atoms. The monoisotopic (exact) mass is 508 g/mol. The molecule has 188 valence electrons. The minimum Gasteiger partial charge on any atom is -0.381 e. The van der Waals surface area contributed by atoms with Gasteiger partial charge in [0.25, 0.3) is 0 Å². The molecule has 0 spiro atoms. The van der Waals surface area contributed by atoms with Crippen molar-refractivity contribution >= 4 is 23.4 Å². The summed E-state index contributed by atoms with van der Waals surface area (Å²) in [6, 6.07) is 40.1. The summed E-state index contributed by atoms with van der Waals surface area (Å²) in [5.41, 5.74) is 0.517. The average molecular weight is 509 g/mol. The minimum absolute atomic E-state index is 0.120. The number of fused-ring (bicyclic) bond motifs is 1. The third kappa shape index (κ3) is 4.34. The number of nitrogens with zero attached hydrogens (tertiary/aromatic N) is 2. The van der Waals surface area contributed by atoms with E-state index in [9.17, 15) is 5.11 Å². The van der Waals surface area contributed by atoms with Gasteiger partial charge >= 0.3 is 0 Å². The first-order chi connectivity index (χ1) is 18.1. The summed E-state index contributed by atoms with van der Waals surface area (Å²) in [7, 11) is -3.22. The van der Waals surface area contributed by atoms with Crippen LogP contribution in [-0.2, 0) is 10.2 Å². The Labute approximate surface area is 219 Å². The Hall–Kier alpha value is -3.17. The topological polar surface area (TPSA) is 43.8 Å². The second-order valence-corrected chi connectivity index (χ2v) is 13.1. The van der Waals surface area contributed by atoms with Crippen molar-refractivity contribution in [2.24, 2.45) is 0 Å². The molecule has 0 aromatic heterocycles. The van der Waals surface area contributed by atoms with E-state index in [1.165, 1.54) is 0 Å². The molecule has 4 nitrogen and oxygen atoms in total. The number of benzene rings is 4. The lowest BCUT2D eigenvalue weighted by atomic mass is 9.91. The summed E-state index contributed by atoms with van der Waals surface area (Å²) < 4.78 is 15.3. The second-order valence-electron chi connectivity index (χ2n) is 10.3. The van der Waals surface area contributed by atoms with E-state index in [1.54, 1.807) is 0 Å². The SMILES string of the molecule is O=P(C[C@@](O)(c1ccccc1)[C@H]1N(c2ccccc2)C[C@@H]2CCCN21)(c1ccccc1)c1ccccc1. The number of aliphatic hydroxyl groups is 1. The summed E-state index contributed by atoms with van der Waals surface area (Å²) in [4.78, 5) is 4.80. The van der Waals surface area contributed by atoms with Crippen molar-refractivity contribution < 1.29 is 9.67 Å². The van der Waals surface area contributed by atoms with E-state index in [1.807, 2.05) is 97.1 Å². The quantitative estimate of drug-likeness (QED) is 0.349. The minimum atomic E-state index is -3.22. The van der Waals surface area contributed by atoms with E-state index in [2.05, 4.69) is 34.1 Å². The van der Waals surface area contributed by atoms with Gasteiger partial charge in [0.05, 0.1) is 0 Å². The predicted molar refractivity (Wildman–Crippen MR) is 152 cm³/mol. The maximum Gasteiger partial charge on any atom is 0.146 e. The molecule has 1 N–H and O–H groups in total. The second kappa shape index (κ2) is 9.95. The standard InChI is InChI=1S/C32H33N2O2P/c35-32(26-14-5-1-6-15-26,25-37(36,29-19-9-3-10-20-29)30-21-11-4-12-22-30)31-33-23-13-18-28(33)24-34(31)27-16-7-2-8-17-27/h1-12,14-17,19-22,28,31,35H,13,18,23-25H2/t28-,31+,32+/m0/s1. The zero-order valence-electron chi connectivity index (χ0n) is 20.9. The maximum atomic E-state index is 15.3. The first-order valence-corrected chi connectivity index (χ1v) is 15.0. The highest BCUT2D eigenvalue weighted by atomic mass is 31.2. The van der Waals surface area contributed by atoms with Gasteiger partial charge in [-0.15, -0.1) is 0 Å². The third-order valence-electron chi connectivity index (χ3n) is 8.04. The van der Waals surface area contributed by atoms with Crippen molar-refractivity contribution in [2.75, 3.05) is 24.2 Å². The number of hydrogen-bond acceptors (Lipinski definition) is 4. The molecule has 0 amide bonds. The molecule has 2 aliphatic rings. The van der Waals surface area contributed by atoms with Crippen LogP contribution >= 0.6 is 7.14 Å². The van der Waals surface area contributed by atoms with Crippen molar-refractivity contribution in [1.29, 1.82) is 0 Å². The fraction of sp³-hybridized carbons (Fsp3) is 0.250. The van der Waals surface area contributed by atoms with Crippen molar-refractivity contribution in [3.05, 3.63) is 127 Å². The Morgan fingerprint density at radius 3 is 1.84 bits per heavy atom. The van der Waals surface area contributed by atoms with Gasteiger partial charge in [-0.25, -0.2) is 0 Å². The average Bonchev–Trinajstić information content (AvgIpc) is 3.57. The van der Waals surface area contributed by atoms with Crippen LogP contribution in [0.25, 0.3) is 0 Å². The van der Waals surface area contributed by atoms with Gasteiger partial charge in [0.1, 0.15) is 18.9 Å². The van der Waals surface area contributed by atoms with Gasteiger partial charge in [-0.2, -0.15) is 0 Å². The number of para-hydroxylation sites is 1. The Morgan fingerprint density at radius 1 is 0.757 bits per heavy atom. The van der Waals surface area contributed by atoms with Gasteiger partial charge in [0.15, 0.2) is 0 Å². The molecule has 4 aromatic rings. The van der Waals surface area contributed by atoms with E-state index in [4.69, 9.17) is 0 Å². The van der Waals surface area contributed by atoms with E-state index in [0.29, 0.717) is 6.04 Å². The lowest BCUT2D eigenvalue weighted by Crippen LogP contribution is -2.57. The summed E-state index contributed by atoms with van der Waals surface area (Å²) >= 11 is 0. The van der Waals surface area contributed by atoms with Crippen LogP contribution in [-0.4, -0.2) is 41.5 Å². The molecule has 0 aliphatic carbocycles. The van der Waals surface area contributed by atoms with Gasteiger partial charge in [0, 0.05) is 41.6 Å². The van der Waals surface area contributed by atoms with E-state index < -0.39 is 12.7 Å². The normalized spacial score (nSPS) is 21.5. The highest BCUT2D eigenvalue weighted by molar-refractivity contribution is 7.78. The first kappa shape index (κ1) is 24.2. The Kier molecular flexibility index (Phi) is 6.50. The van der Waals surface area contributed by atoms with Crippen LogP contribution in [0.1, 0.15) is 18.4 Å². The molecule has 3 atom stereocenters. The highest BCUT2D eigenvalue weighted by Gasteiger charge is 2.55. The molecule has 2 aliphatic heterocycles. The van der Waals surface area contributed by atoms with Gasteiger partial charge in [0.2, 0.25) is 0 Å². The lowest BCUT2D eigenvalue weighted by molar-refractivity contribution is -0.0201. The van der Waals surface area contributed by atoms with Crippen LogP contribution < -0.4 is 15.5 Å². The zero-order valence-corrected chi connectivity index (χ0v) is 21.8. The van der Waals surface area contributed by atoms with Crippen LogP contribution in [0.5, 0.6) is 0 Å². The van der Waals surface area contributed by atoms with Crippen molar-refractivity contribution in [1.82, 2.24) is 4.90 Å². The van der Waals surface area contributed by atoms with Gasteiger partial charge in [-0.1, -0.05) is 109 Å². The van der Waals surface area contributed by atoms with Gasteiger partial charge in [-0.3, -0.25) is 4.90 Å². The molecule has 2 heterocycles.